The quantitative estimate of drug-likeness (QED) is 0.598. The van der Waals surface area contributed by atoms with Gasteiger partial charge in [-0.25, -0.2) is 0 Å². The standard InChI is InChI=1S/C13H20BrNOS/c1-2-13(16,10-15)8-5-9-17-12-7-4-3-6-11(12)14/h3-4,6-7,16H,2,5,8-10,15H2,1H3. The summed E-state index contributed by atoms with van der Waals surface area (Å²) in [6.45, 7) is 2.33. The molecule has 1 unspecified atom stereocenters. The van der Waals surface area contributed by atoms with Crippen LogP contribution in [0.5, 0.6) is 0 Å². The summed E-state index contributed by atoms with van der Waals surface area (Å²) in [7, 11) is 0. The zero-order chi connectivity index (χ0) is 12.7. The van der Waals surface area contributed by atoms with E-state index in [1.54, 1.807) is 0 Å². The van der Waals surface area contributed by atoms with Gasteiger partial charge in [-0.15, -0.1) is 11.8 Å². The van der Waals surface area contributed by atoms with Crippen molar-refractivity contribution in [2.24, 2.45) is 5.73 Å². The van der Waals surface area contributed by atoms with Gasteiger partial charge in [0.25, 0.3) is 0 Å². The fourth-order valence-electron chi connectivity index (χ4n) is 1.57. The highest BCUT2D eigenvalue weighted by atomic mass is 79.9. The molecule has 0 aliphatic heterocycles. The Morgan fingerprint density at radius 3 is 2.71 bits per heavy atom. The van der Waals surface area contributed by atoms with Gasteiger partial charge in [-0.3, -0.25) is 0 Å². The van der Waals surface area contributed by atoms with E-state index in [2.05, 4.69) is 22.0 Å². The number of aliphatic hydroxyl groups is 1. The van der Waals surface area contributed by atoms with E-state index in [1.807, 2.05) is 36.9 Å². The Bertz CT molecular complexity index is 342. The topological polar surface area (TPSA) is 46.2 Å². The van der Waals surface area contributed by atoms with Gasteiger partial charge < -0.3 is 10.8 Å². The molecule has 0 radical (unpaired) electrons. The molecule has 0 amide bonds. The lowest BCUT2D eigenvalue weighted by Crippen LogP contribution is -2.36. The molecule has 0 bridgehead atoms. The molecule has 0 saturated carbocycles. The first kappa shape index (κ1) is 15.0. The van der Waals surface area contributed by atoms with Crippen LogP contribution in [-0.2, 0) is 0 Å². The molecule has 0 fully saturated rings. The van der Waals surface area contributed by atoms with Crippen LogP contribution in [0, 0.1) is 0 Å². The summed E-state index contributed by atoms with van der Waals surface area (Å²) in [6.07, 6.45) is 2.48. The Morgan fingerprint density at radius 2 is 2.12 bits per heavy atom. The van der Waals surface area contributed by atoms with Crippen LogP contribution >= 0.6 is 27.7 Å². The highest BCUT2D eigenvalue weighted by Crippen LogP contribution is 2.28. The van der Waals surface area contributed by atoms with Crippen LogP contribution in [0.15, 0.2) is 33.6 Å². The summed E-state index contributed by atoms with van der Waals surface area (Å²) in [5.41, 5.74) is 4.90. The van der Waals surface area contributed by atoms with E-state index in [4.69, 9.17) is 5.73 Å². The van der Waals surface area contributed by atoms with Crippen molar-refractivity contribution in [3.05, 3.63) is 28.7 Å². The first-order valence-corrected chi connectivity index (χ1v) is 7.69. The first-order chi connectivity index (χ1) is 8.11. The predicted octanol–water partition coefficient (Wildman–Crippen LogP) is 3.42. The van der Waals surface area contributed by atoms with Crippen LogP contribution in [0.25, 0.3) is 0 Å². The van der Waals surface area contributed by atoms with Gasteiger partial charge in [-0.2, -0.15) is 0 Å². The maximum atomic E-state index is 10.0. The molecule has 0 spiro atoms. The molecule has 0 aliphatic carbocycles. The van der Waals surface area contributed by atoms with Crippen molar-refractivity contribution in [2.75, 3.05) is 12.3 Å². The molecule has 0 saturated heterocycles. The van der Waals surface area contributed by atoms with Gasteiger partial charge in [-0.1, -0.05) is 19.1 Å². The molecule has 17 heavy (non-hydrogen) atoms. The lowest BCUT2D eigenvalue weighted by atomic mass is 9.95. The maximum Gasteiger partial charge on any atom is 0.0767 e. The van der Waals surface area contributed by atoms with Gasteiger partial charge in [0.15, 0.2) is 0 Å². The van der Waals surface area contributed by atoms with Crippen molar-refractivity contribution in [2.45, 2.75) is 36.7 Å². The fourth-order valence-corrected chi connectivity index (χ4v) is 3.09. The molecular weight excluding hydrogens is 298 g/mol. The van der Waals surface area contributed by atoms with Gasteiger partial charge in [-0.05, 0) is 53.1 Å². The number of hydrogen-bond acceptors (Lipinski definition) is 3. The van der Waals surface area contributed by atoms with Crippen LogP contribution in [-0.4, -0.2) is 23.0 Å². The molecule has 2 nitrogen and oxygen atoms in total. The molecule has 0 aromatic heterocycles. The van der Waals surface area contributed by atoms with Crippen molar-refractivity contribution >= 4 is 27.7 Å². The van der Waals surface area contributed by atoms with Crippen LogP contribution in [0.1, 0.15) is 26.2 Å². The van der Waals surface area contributed by atoms with E-state index in [-0.39, 0.29) is 0 Å². The summed E-state index contributed by atoms with van der Waals surface area (Å²) in [5, 5.41) is 10.0. The van der Waals surface area contributed by atoms with E-state index in [0.717, 1.165) is 29.5 Å². The van der Waals surface area contributed by atoms with Gasteiger partial charge in [0, 0.05) is 15.9 Å². The lowest BCUT2D eigenvalue weighted by molar-refractivity contribution is 0.0360. The molecule has 1 aromatic rings. The Morgan fingerprint density at radius 1 is 1.41 bits per heavy atom. The highest BCUT2D eigenvalue weighted by Gasteiger charge is 2.21. The Kier molecular flexibility index (Phi) is 6.55. The van der Waals surface area contributed by atoms with E-state index in [0.29, 0.717) is 6.54 Å². The zero-order valence-corrected chi connectivity index (χ0v) is 12.6. The smallest absolute Gasteiger partial charge is 0.0767 e. The minimum atomic E-state index is -0.672. The average Bonchev–Trinajstić information content (AvgIpc) is 2.36. The SMILES string of the molecule is CCC(O)(CN)CCCSc1ccccc1Br. The van der Waals surface area contributed by atoms with Crippen LogP contribution in [0.4, 0.5) is 0 Å². The lowest BCUT2D eigenvalue weighted by Gasteiger charge is -2.24. The predicted molar refractivity (Wildman–Crippen MR) is 78.4 cm³/mol. The van der Waals surface area contributed by atoms with Gasteiger partial charge in [0.2, 0.25) is 0 Å². The Hall–Kier alpha value is -0.0300. The Labute approximate surface area is 116 Å². The van der Waals surface area contributed by atoms with Gasteiger partial charge >= 0.3 is 0 Å². The fraction of sp³-hybridized carbons (Fsp3) is 0.538. The number of rotatable bonds is 7. The summed E-state index contributed by atoms with van der Waals surface area (Å²) in [5.74, 6) is 1.00. The van der Waals surface area contributed by atoms with Gasteiger partial charge in [0.05, 0.1) is 5.60 Å². The summed E-state index contributed by atoms with van der Waals surface area (Å²) in [4.78, 5) is 1.25. The molecule has 0 heterocycles. The zero-order valence-electron chi connectivity index (χ0n) is 10.2. The van der Waals surface area contributed by atoms with Gasteiger partial charge in [0.1, 0.15) is 0 Å². The number of nitrogens with two attached hydrogens (primary N) is 1. The third-order valence-corrected chi connectivity index (χ3v) is 5.03. The molecule has 1 atom stereocenters. The van der Waals surface area contributed by atoms with Crippen LogP contribution in [0.2, 0.25) is 0 Å². The summed E-state index contributed by atoms with van der Waals surface area (Å²) < 4.78 is 1.13. The number of benzene rings is 1. The number of halogens is 1. The van der Waals surface area contributed by atoms with Crippen LogP contribution < -0.4 is 5.73 Å². The first-order valence-electron chi connectivity index (χ1n) is 5.91. The molecule has 3 N–H and O–H groups in total. The van der Waals surface area contributed by atoms with E-state index in [1.165, 1.54) is 4.90 Å². The highest BCUT2D eigenvalue weighted by molar-refractivity contribution is 9.10. The largest absolute Gasteiger partial charge is 0.389 e. The van der Waals surface area contributed by atoms with Crippen molar-refractivity contribution in [3.8, 4) is 0 Å². The van der Waals surface area contributed by atoms with Crippen LogP contribution in [0.3, 0.4) is 0 Å². The van der Waals surface area contributed by atoms with Crippen molar-refractivity contribution < 1.29 is 5.11 Å². The van der Waals surface area contributed by atoms with E-state index in [9.17, 15) is 5.11 Å². The molecule has 96 valence electrons. The molecule has 4 heteroatoms. The second-order valence-electron chi connectivity index (χ2n) is 4.16. The van der Waals surface area contributed by atoms with E-state index < -0.39 is 5.60 Å². The third-order valence-electron chi connectivity index (χ3n) is 2.92. The number of thioether (sulfide) groups is 1. The van der Waals surface area contributed by atoms with Crippen molar-refractivity contribution in [1.29, 1.82) is 0 Å². The Balaban J connectivity index is 2.32. The third kappa shape index (κ3) is 5.00. The molecule has 0 aliphatic rings. The van der Waals surface area contributed by atoms with Crippen molar-refractivity contribution in [1.82, 2.24) is 0 Å². The second kappa shape index (κ2) is 7.41. The summed E-state index contributed by atoms with van der Waals surface area (Å²) in [6, 6.07) is 8.20. The second-order valence-corrected chi connectivity index (χ2v) is 6.16. The number of hydrogen-bond donors (Lipinski definition) is 2. The van der Waals surface area contributed by atoms with E-state index >= 15 is 0 Å². The van der Waals surface area contributed by atoms with Crippen molar-refractivity contribution in [3.63, 3.8) is 0 Å². The maximum absolute atomic E-state index is 10.0. The monoisotopic (exact) mass is 317 g/mol. The minimum absolute atomic E-state index is 0.350. The molecular formula is C13H20BrNOS. The minimum Gasteiger partial charge on any atom is -0.389 e. The average molecular weight is 318 g/mol. The normalized spacial score (nSPS) is 14.6. The molecule has 1 aromatic carbocycles. The molecule has 1 rings (SSSR count). The summed E-state index contributed by atoms with van der Waals surface area (Å²) >= 11 is 5.33.